The van der Waals surface area contributed by atoms with E-state index in [0.717, 1.165) is 41.9 Å². The van der Waals surface area contributed by atoms with Crippen LogP contribution >= 0.6 is 23.1 Å². The van der Waals surface area contributed by atoms with Gasteiger partial charge in [-0.1, -0.05) is 5.16 Å². The smallest absolute Gasteiger partial charge is 0.356 e. The highest BCUT2D eigenvalue weighted by Crippen LogP contribution is 2.35. The maximum atomic E-state index is 13.2. The number of thiazole rings is 1. The third-order valence-electron chi connectivity index (χ3n) is 6.24. The van der Waals surface area contributed by atoms with E-state index in [-0.39, 0.29) is 46.5 Å². The van der Waals surface area contributed by atoms with Gasteiger partial charge in [0.25, 0.3) is 11.8 Å². The van der Waals surface area contributed by atoms with Crippen LogP contribution in [0, 0.1) is 0 Å². The maximum absolute atomic E-state index is 13.2. The lowest BCUT2D eigenvalue weighted by atomic mass is 9.92. The molecular weight excluding hydrogens is 520 g/mol. The first kappa shape index (κ1) is 25.0. The number of β-lactam (4-membered cyclic amide) rings is 1. The fourth-order valence-electron chi connectivity index (χ4n) is 4.39. The summed E-state index contributed by atoms with van der Waals surface area (Å²) in [4.78, 5) is 54.0. The van der Waals surface area contributed by atoms with Gasteiger partial charge in [0, 0.05) is 22.7 Å². The lowest BCUT2D eigenvalue weighted by Gasteiger charge is -2.49. The van der Waals surface area contributed by atoms with Crippen molar-refractivity contribution < 1.29 is 29.1 Å². The number of anilines is 1. The monoisotopic (exact) mass is 544 g/mol. The Labute approximate surface area is 219 Å². The third-order valence-corrected chi connectivity index (χ3v) is 7.92. The van der Waals surface area contributed by atoms with Gasteiger partial charge in [-0.25, -0.2) is 9.78 Å². The lowest BCUT2D eigenvalue weighted by Crippen LogP contribution is -2.73. The van der Waals surface area contributed by atoms with Gasteiger partial charge in [-0.05, 0) is 37.8 Å². The van der Waals surface area contributed by atoms with E-state index in [1.54, 1.807) is 29.9 Å². The van der Waals surface area contributed by atoms with E-state index >= 15 is 0 Å². The predicted octanol–water partition coefficient (Wildman–Crippen LogP) is 1.60. The normalized spacial score (nSPS) is 21.8. The molecule has 0 bridgehead atoms. The van der Waals surface area contributed by atoms with Crippen molar-refractivity contribution >= 4 is 51.7 Å². The van der Waals surface area contributed by atoms with Crippen molar-refractivity contribution in [3.8, 4) is 0 Å². The first-order valence-corrected chi connectivity index (χ1v) is 13.5. The summed E-state index contributed by atoms with van der Waals surface area (Å²) >= 11 is 2.52. The Morgan fingerprint density at radius 3 is 2.76 bits per heavy atom. The van der Waals surface area contributed by atoms with Crippen molar-refractivity contribution in [1.82, 2.24) is 20.2 Å². The fraction of sp³-hybridized carbons (Fsp3) is 0.391. The van der Waals surface area contributed by atoms with Crippen LogP contribution in [0.1, 0.15) is 31.4 Å². The fourth-order valence-corrected chi connectivity index (χ4v) is 5.77. The van der Waals surface area contributed by atoms with Crippen LogP contribution < -0.4 is 11.1 Å². The summed E-state index contributed by atoms with van der Waals surface area (Å²) in [5.74, 6) is -2.08. The number of nitrogens with zero attached hydrogens (tertiary/aromatic N) is 4. The molecule has 1 saturated carbocycles. The molecule has 1 aliphatic carbocycles. The van der Waals surface area contributed by atoms with Crippen LogP contribution in [0.3, 0.4) is 0 Å². The highest BCUT2D eigenvalue weighted by Gasteiger charge is 2.55. The standard InChI is InChI=1S/C23H24N6O6S2/c24-23-26-14(10-37-23)17(28-35-12-3-1-2-4-12)20(30)27-18-15-9-34-16(11-36-13-5-7-25-8-6-13)19(22(32)33)29(15)21(18)31/h5-8,10,12,15,18H,1-4,9,11H2,(H2,24,26)(H,27,30)(H,32,33)/b28-17-/t15-,18+/m1/s1. The van der Waals surface area contributed by atoms with Crippen molar-refractivity contribution in [2.75, 3.05) is 18.1 Å². The molecule has 2 aliphatic heterocycles. The van der Waals surface area contributed by atoms with Crippen LogP contribution in [-0.2, 0) is 24.0 Å². The number of carboxylic acid groups (broad SMARTS) is 1. The molecule has 0 unspecified atom stereocenters. The maximum Gasteiger partial charge on any atom is 0.356 e. The van der Waals surface area contributed by atoms with Crippen LogP contribution in [0.5, 0.6) is 0 Å². The largest absolute Gasteiger partial charge is 0.492 e. The van der Waals surface area contributed by atoms with E-state index in [2.05, 4.69) is 20.4 Å². The third kappa shape index (κ3) is 5.25. The topological polar surface area (TPSA) is 169 Å². The summed E-state index contributed by atoms with van der Waals surface area (Å²) < 4.78 is 5.77. The first-order chi connectivity index (χ1) is 17.9. The Morgan fingerprint density at radius 2 is 2.08 bits per heavy atom. The van der Waals surface area contributed by atoms with E-state index in [1.165, 1.54) is 16.7 Å². The molecule has 14 heteroatoms. The minimum Gasteiger partial charge on any atom is -0.492 e. The van der Waals surface area contributed by atoms with Crippen LogP contribution in [0.2, 0.25) is 0 Å². The molecule has 2 fully saturated rings. The minimum absolute atomic E-state index is 0.0361. The summed E-state index contributed by atoms with van der Waals surface area (Å²) in [5.41, 5.74) is 5.66. The number of nitrogens with one attached hydrogen (secondary N) is 1. The van der Waals surface area contributed by atoms with Crippen molar-refractivity contribution in [1.29, 1.82) is 0 Å². The zero-order valence-corrected chi connectivity index (χ0v) is 21.2. The number of carbonyl (C=O) groups is 3. The number of amides is 2. The molecule has 2 aromatic rings. The summed E-state index contributed by atoms with van der Waals surface area (Å²) in [7, 11) is 0. The van der Waals surface area contributed by atoms with Crippen molar-refractivity contribution in [2.24, 2.45) is 5.16 Å². The Kier molecular flexibility index (Phi) is 7.28. The molecule has 0 spiro atoms. The SMILES string of the molecule is Nc1nc(/C(=N/OC2CCCC2)C(=O)N[C@@H]2C(=O)N3C(C(=O)O)=C(CSc4ccncc4)OC[C@H]23)cs1. The predicted molar refractivity (Wildman–Crippen MR) is 135 cm³/mol. The number of aliphatic carboxylic acids is 1. The van der Waals surface area contributed by atoms with Gasteiger partial charge in [-0.15, -0.1) is 23.1 Å². The number of fused-ring (bicyclic) bond motifs is 1. The number of aromatic nitrogens is 2. The van der Waals surface area contributed by atoms with Crippen LogP contribution in [-0.4, -0.2) is 74.0 Å². The molecule has 4 heterocycles. The lowest BCUT2D eigenvalue weighted by molar-refractivity contribution is -0.160. The molecule has 2 atom stereocenters. The van der Waals surface area contributed by atoms with Crippen molar-refractivity contribution in [3.63, 3.8) is 0 Å². The van der Waals surface area contributed by atoms with Gasteiger partial charge in [0.05, 0.1) is 5.75 Å². The van der Waals surface area contributed by atoms with E-state index in [4.69, 9.17) is 15.3 Å². The quantitative estimate of drug-likeness (QED) is 0.182. The summed E-state index contributed by atoms with van der Waals surface area (Å²) in [5, 5.41) is 18.4. The molecule has 5 rings (SSSR count). The van der Waals surface area contributed by atoms with E-state index < -0.39 is 29.9 Å². The van der Waals surface area contributed by atoms with Gasteiger partial charge in [0.15, 0.2) is 16.5 Å². The molecule has 12 nitrogen and oxygen atoms in total. The molecule has 0 radical (unpaired) electrons. The van der Waals surface area contributed by atoms with Gasteiger partial charge < -0.3 is 25.7 Å². The van der Waals surface area contributed by atoms with E-state index in [0.29, 0.717) is 0 Å². The Hall–Kier alpha value is -3.65. The Bertz CT molecular complexity index is 1260. The number of ether oxygens (including phenoxy) is 1. The highest BCUT2D eigenvalue weighted by atomic mass is 32.2. The van der Waals surface area contributed by atoms with Crippen LogP contribution in [0.25, 0.3) is 0 Å². The number of rotatable bonds is 9. The second-order valence-electron chi connectivity index (χ2n) is 8.61. The zero-order valence-electron chi connectivity index (χ0n) is 19.5. The average molecular weight is 545 g/mol. The van der Waals surface area contributed by atoms with Gasteiger partial charge in [-0.3, -0.25) is 19.5 Å². The van der Waals surface area contributed by atoms with Gasteiger partial charge in [0.1, 0.15) is 36.2 Å². The summed E-state index contributed by atoms with van der Waals surface area (Å²) in [6.07, 6.45) is 6.94. The van der Waals surface area contributed by atoms with Gasteiger partial charge in [0.2, 0.25) is 0 Å². The van der Waals surface area contributed by atoms with Crippen LogP contribution in [0.4, 0.5) is 5.13 Å². The molecule has 37 heavy (non-hydrogen) atoms. The average Bonchev–Trinajstić information content (AvgIpc) is 3.58. The number of carboxylic acids is 1. The first-order valence-electron chi connectivity index (χ1n) is 11.6. The van der Waals surface area contributed by atoms with Crippen LogP contribution in [0.15, 0.2) is 51.4 Å². The van der Waals surface area contributed by atoms with E-state index in [1.807, 2.05) is 0 Å². The van der Waals surface area contributed by atoms with E-state index in [9.17, 15) is 19.5 Å². The molecule has 1 saturated heterocycles. The minimum atomic E-state index is -1.28. The number of nitrogens with two attached hydrogens (primary N) is 1. The molecule has 0 aromatic carbocycles. The number of oxime groups is 1. The molecule has 2 amide bonds. The molecule has 2 aromatic heterocycles. The number of hydrogen-bond acceptors (Lipinski definition) is 11. The zero-order chi connectivity index (χ0) is 25.9. The van der Waals surface area contributed by atoms with Crippen molar-refractivity contribution in [2.45, 2.75) is 48.8 Å². The van der Waals surface area contributed by atoms with Crippen molar-refractivity contribution in [3.05, 3.63) is 47.1 Å². The number of carbonyl (C=O) groups excluding carboxylic acids is 2. The second-order valence-corrected chi connectivity index (χ2v) is 10.5. The molecule has 4 N–H and O–H groups in total. The molecular formula is C23H24N6O6S2. The number of hydrogen-bond donors (Lipinski definition) is 3. The second kappa shape index (κ2) is 10.8. The molecule has 3 aliphatic rings. The van der Waals surface area contributed by atoms with Gasteiger partial charge >= 0.3 is 5.97 Å². The highest BCUT2D eigenvalue weighted by molar-refractivity contribution is 7.99. The molecule has 194 valence electrons. The Balaban J connectivity index is 1.30. The number of thioether (sulfide) groups is 1. The van der Waals surface area contributed by atoms with Gasteiger partial charge in [-0.2, -0.15) is 0 Å². The summed E-state index contributed by atoms with van der Waals surface area (Å²) in [6.45, 7) is 0.0361. The summed E-state index contributed by atoms with van der Waals surface area (Å²) in [6, 6.07) is 1.94. The number of nitrogen functional groups attached to an aromatic ring is 1. The number of pyridine rings is 1. The Morgan fingerprint density at radius 1 is 1.32 bits per heavy atom.